The van der Waals surface area contributed by atoms with Crippen LogP contribution in [0.25, 0.3) is 11.2 Å². The molecule has 0 aromatic carbocycles. The number of aromatic nitrogens is 4. The van der Waals surface area contributed by atoms with E-state index in [4.69, 9.17) is 4.98 Å². The van der Waals surface area contributed by atoms with Gasteiger partial charge in [-0.1, -0.05) is 26.2 Å². The Bertz CT molecular complexity index is 855. The van der Waals surface area contributed by atoms with Gasteiger partial charge >= 0.3 is 5.69 Å². The minimum atomic E-state index is -0.319. The van der Waals surface area contributed by atoms with E-state index in [9.17, 15) is 9.59 Å². The van der Waals surface area contributed by atoms with Gasteiger partial charge in [0, 0.05) is 20.6 Å². The highest BCUT2D eigenvalue weighted by Gasteiger charge is 2.21. The Morgan fingerprint density at radius 2 is 1.72 bits per heavy atom. The number of nitrogens with zero attached hydrogens (tertiary/aromatic N) is 5. The quantitative estimate of drug-likeness (QED) is 0.745. The minimum Gasteiger partial charge on any atom is -0.321 e. The van der Waals surface area contributed by atoms with Gasteiger partial charge in [0.2, 0.25) is 0 Å². The Hall–Kier alpha value is -1.89. The van der Waals surface area contributed by atoms with Gasteiger partial charge in [0.15, 0.2) is 11.2 Å². The number of aryl methyl sites for hydroxylation is 2. The van der Waals surface area contributed by atoms with Gasteiger partial charge in [-0.3, -0.25) is 18.8 Å². The first-order valence-electron chi connectivity index (χ1n) is 9.42. The Kier molecular flexibility index (Phi) is 5.42. The molecule has 0 spiro atoms. The maximum Gasteiger partial charge on any atom is 0.332 e. The summed E-state index contributed by atoms with van der Waals surface area (Å²) in [6.07, 6.45) is 6.99. The molecular formula is C18H29N5O2. The maximum atomic E-state index is 12.7. The van der Waals surface area contributed by atoms with E-state index in [0.29, 0.717) is 11.2 Å². The SMILES string of the molecule is CCCCCn1c(CN2CCCCC2)nc2c1c(=O)n(C)c(=O)n2C. The number of rotatable bonds is 6. The molecule has 2 aromatic heterocycles. The molecule has 0 unspecified atom stereocenters. The summed E-state index contributed by atoms with van der Waals surface area (Å²) in [5.74, 6) is 0.909. The minimum absolute atomic E-state index is 0.244. The molecule has 7 heteroatoms. The summed E-state index contributed by atoms with van der Waals surface area (Å²) in [6, 6.07) is 0. The number of piperidine rings is 1. The molecule has 0 amide bonds. The van der Waals surface area contributed by atoms with Crippen LogP contribution in [0.1, 0.15) is 51.3 Å². The van der Waals surface area contributed by atoms with E-state index in [-0.39, 0.29) is 11.2 Å². The molecule has 1 aliphatic heterocycles. The van der Waals surface area contributed by atoms with E-state index in [2.05, 4.69) is 16.4 Å². The van der Waals surface area contributed by atoms with Crippen LogP contribution in [0.2, 0.25) is 0 Å². The molecule has 2 aromatic rings. The number of hydrogen-bond donors (Lipinski definition) is 0. The van der Waals surface area contributed by atoms with Crippen LogP contribution in [0.4, 0.5) is 0 Å². The highest BCUT2D eigenvalue weighted by atomic mass is 16.2. The second-order valence-electron chi connectivity index (χ2n) is 7.10. The summed E-state index contributed by atoms with van der Waals surface area (Å²) < 4.78 is 4.74. The first-order valence-corrected chi connectivity index (χ1v) is 9.42. The predicted octanol–water partition coefficient (Wildman–Crippen LogP) is 1.61. The molecule has 0 atom stereocenters. The lowest BCUT2D eigenvalue weighted by molar-refractivity contribution is 0.213. The van der Waals surface area contributed by atoms with Crippen LogP contribution in [0.15, 0.2) is 9.59 Å². The highest BCUT2D eigenvalue weighted by molar-refractivity contribution is 5.71. The third-order valence-corrected chi connectivity index (χ3v) is 5.23. The van der Waals surface area contributed by atoms with Crippen LogP contribution in [0, 0.1) is 0 Å². The van der Waals surface area contributed by atoms with Gasteiger partial charge in [-0.05, 0) is 32.4 Å². The van der Waals surface area contributed by atoms with Crippen molar-refractivity contribution in [1.82, 2.24) is 23.6 Å². The van der Waals surface area contributed by atoms with Gasteiger partial charge in [-0.25, -0.2) is 9.78 Å². The van der Waals surface area contributed by atoms with Crippen LogP contribution in [0.5, 0.6) is 0 Å². The summed E-state index contributed by atoms with van der Waals surface area (Å²) in [5.41, 5.74) is 0.511. The van der Waals surface area contributed by atoms with Crippen LogP contribution >= 0.6 is 0 Å². The van der Waals surface area contributed by atoms with Crippen molar-refractivity contribution in [2.45, 2.75) is 58.5 Å². The van der Waals surface area contributed by atoms with Crippen molar-refractivity contribution in [2.75, 3.05) is 13.1 Å². The van der Waals surface area contributed by atoms with E-state index >= 15 is 0 Å². The second-order valence-corrected chi connectivity index (χ2v) is 7.10. The predicted molar refractivity (Wildman–Crippen MR) is 98.9 cm³/mol. The van der Waals surface area contributed by atoms with Gasteiger partial charge in [-0.15, -0.1) is 0 Å². The zero-order valence-electron chi connectivity index (χ0n) is 15.6. The lowest BCUT2D eigenvalue weighted by Gasteiger charge is -2.26. The summed E-state index contributed by atoms with van der Waals surface area (Å²) in [7, 11) is 3.23. The van der Waals surface area contributed by atoms with Gasteiger partial charge in [-0.2, -0.15) is 0 Å². The normalized spacial score (nSPS) is 16.0. The average molecular weight is 347 g/mol. The molecule has 7 nitrogen and oxygen atoms in total. The van der Waals surface area contributed by atoms with Crippen molar-refractivity contribution in [1.29, 1.82) is 0 Å². The third-order valence-electron chi connectivity index (χ3n) is 5.23. The molecule has 1 aliphatic rings. The molecular weight excluding hydrogens is 318 g/mol. The van der Waals surface area contributed by atoms with Gasteiger partial charge in [0.05, 0.1) is 6.54 Å². The molecule has 1 saturated heterocycles. The van der Waals surface area contributed by atoms with Gasteiger partial charge < -0.3 is 4.57 Å². The molecule has 0 radical (unpaired) electrons. The smallest absolute Gasteiger partial charge is 0.321 e. The van der Waals surface area contributed by atoms with Gasteiger partial charge in [0.1, 0.15) is 5.82 Å². The van der Waals surface area contributed by atoms with Crippen LogP contribution in [-0.4, -0.2) is 36.7 Å². The topological polar surface area (TPSA) is 65.1 Å². The summed E-state index contributed by atoms with van der Waals surface area (Å²) >= 11 is 0. The van der Waals surface area contributed by atoms with Crippen molar-refractivity contribution in [3.8, 4) is 0 Å². The molecule has 25 heavy (non-hydrogen) atoms. The standard InChI is InChI=1S/C18H29N5O2/c1-4-5-7-12-23-14(13-22-10-8-6-9-11-22)19-16-15(23)17(24)21(3)18(25)20(16)2/h4-13H2,1-3H3. The second kappa shape index (κ2) is 7.56. The lowest BCUT2D eigenvalue weighted by atomic mass is 10.1. The van der Waals surface area contributed by atoms with E-state index in [1.807, 2.05) is 0 Å². The summed E-state index contributed by atoms with van der Waals surface area (Å²) in [4.78, 5) is 32.1. The average Bonchev–Trinajstić information content (AvgIpc) is 2.98. The van der Waals surface area contributed by atoms with Crippen molar-refractivity contribution in [3.05, 3.63) is 26.7 Å². The zero-order valence-corrected chi connectivity index (χ0v) is 15.6. The number of hydrogen-bond acceptors (Lipinski definition) is 4. The Morgan fingerprint density at radius 1 is 1.00 bits per heavy atom. The first-order chi connectivity index (χ1) is 12.0. The molecule has 138 valence electrons. The highest BCUT2D eigenvalue weighted by Crippen LogP contribution is 2.17. The van der Waals surface area contributed by atoms with Crippen molar-refractivity contribution < 1.29 is 0 Å². The van der Waals surface area contributed by atoms with Crippen molar-refractivity contribution >= 4 is 11.2 Å². The van der Waals surface area contributed by atoms with E-state index < -0.39 is 0 Å². The van der Waals surface area contributed by atoms with E-state index in [1.165, 1.54) is 35.4 Å². The van der Waals surface area contributed by atoms with E-state index in [1.54, 1.807) is 7.05 Å². The van der Waals surface area contributed by atoms with Crippen LogP contribution in [0.3, 0.4) is 0 Å². The van der Waals surface area contributed by atoms with E-state index in [0.717, 1.165) is 51.3 Å². The molecule has 0 N–H and O–H groups in total. The monoisotopic (exact) mass is 347 g/mol. The Morgan fingerprint density at radius 3 is 2.40 bits per heavy atom. The number of fused-ring (bicyclic) bond motifs is 1. The van der Waals surface area contributed by atoms with Crippen LogP contribution in [-0.2, 0) is 27.2 Å². The molecule has 0 saturated carbocycles. The fourth-order valence-electron chi connectivity index (χ4n) is 3.69. The molecule has 0 bridgehead atoms. The molecule has 3 heterocycles. The fraction of sp³-hybridized carbons (Fsp3) is 0.722. The largest absolute Gasteiger partial charge is 0.332 e. The summed E-state index contributed by atoms with van der Waals surface area (Å²) in [6.45, 7) is 5.85. The fourth-order valence-corrected chi connectivity index (χ4v) is 3.69. The summed E-state index contributed by atoms with van der Waals surface area (Å²) in [5, 5.41) is 0. The zero-order chi connectivity index (χ0) is 18.0. The maximum absolute atomic E-state index is 12.7. The van der Waals surface area contributed by atoms with Gasteiger partial charge in [0.25, 0.3) is 5.56 Å². The third kappa shape index (κ3) is 3.42. The van der Waals surface area contributed by atoms with Crippen LogP contribution < -0.4 is 11.2 Å². The number of imidazole rings is 1. The molecule has 3 rings (SSSR count). The first kappa shape index (κ1) is 17.9. The molecule has 0 aliphatic carbocycles. The van der Waals surface area contributed by atoms with Crippen molar-refractivity contribution in [2.24, 2.45) is 14.1 Å². The van der Waals surface area contributed by atoms with Crippen molar-refractivity contribution in [3.63, 3.8) is 0 Å². The Labute approximate surface area is 147 Å². The number of likely N-dealkylation sites (tertiary alicyclic amines) is 1. The number of unbranched alkanes of at least 4 members (excludes halogenated alkanes) is 2. The lowest BCUT2D eigenvalue weighted by Crippen LogP contribution is -2.37. The molecule has 1 fully saturated rings. The Balaban J connectivity index is 2.08.